The van der Waals surface area contributed by atoms with E-state index in [0.717, 1.165) is 49.9 Å². The van der Waals surface area contributed by atoms with Crippen molar-refractivity contribution in [2.24, 2.45) is 0 Å². The molecule has 0 unspecified atom stereocenters. The average molecular weight is 638 g/mol. The van der Waals surface area contributed by atoms with E-state index in [-0.39, 0.29) is 0 Å². The topological polar surface area (TPSA) is 18.1 Å². The van der Waals surface area contributed by atoms with E-state index in [9.17, 15) is 0 Å². The molecule has 0 spiro atoms. The molecule has 0 fully saturated rings. The monoisotopic (exact) mass is 637 g/mol. The zero-order valence-electron chi connectivity index (χ0n) is 27.3. The first-order valence-corrected chi connectivity index (χ1v) is 17.1. The maximum absolute atomic E-state index is 6.54. The second kappa shape index (κ2) is 11.5. The molecule has 0 atom stereocenters. The molecule has 10 rings (SSSR count). The molecule has 0 amide bonds. The minimum atomic E-state index is 0.905. The zero-order chi connectivity index (χ0) is 33.0. The normalized spacial score (nSPS) is 11.6. The molecule has 0 saturated heterocycles. The number of rotatable bonds is 5. The van der Waals surface area contributed by atoms with Gasteiger partial charge >= 0.3 is 0 Å². The molecular weight excluding hydrogens is 607 g/mol. The minimum absolute atomic E-state index is 0.905. The summed E-state index contributed by atoms with van der Waals surface area (Å²) in [5.74, 6) is 0. The van der Waals surface area contributed by atoms with Crippen molar-refractivity contribution in [2.45, 2.75) is 0 Å². The molecular formula is C48H31NO. The van der Waals surface area contributed by atoms with Crippen LogP contribution in [0.4, 0.5) is 0 Å². The lowest BCUT2D eigenvalue weighted by Crippen LogP contribution is -1.98. The van der Waals surface area contributed by atoms with Gasteiger partial charge in [-0.15, -0.1) is 0 Å². The van der Waals surface area contributed by atoms with Gasteiger partial charge in [-0.1, -0.05) is 164 Å². The van der Waals surface area contributed by atoms with Gasteiger partial charge in [0.2, 0.25) is 0 Å². The van der Waals surface area contributed by atoms with Crippen LogP contribution in [0.15, 0.2) is 192 Å². The van der Waals surface area contributed by atoms with Crippen molar-refractivity contribution >= 4 is 43.7 Å². The lowest BCUT2D eigenvalue weighted by atomic mass is 9.92. The van der Waals surface area contributed by atoms with Crippen molar-refractivity contribution in [3.8, 4) is 50.2 Å². The zero-order valence-corrected chi connectivity index (χ0v) is 27.3. The maximum atomic E-state index is 6.54. The Morgan fingerprint density at radius 3 is 1.70 bits per heavy atom. The van der Waals surface area contributed by atoms with Gasteiger partial charge in [0.1, 0.15) is 11.2 Å². The summed E-state index contributed by atoms with van der Waals surface area (Å²) in [7, 11) is 0. The minimum Gasteiger partial charge on any atom is -0.455 e. The number of benzene rings is 8. The quantitative estimate of drug-likeness (QED) is 0.184. The van der Waals surface area contributed by atoms with E-state index in [0.29, 0.717) is 0 Å². The van der Waals surface area contributed by atoms with Gasteiger partial charge in [0.15, 0.2) is 0 Å². The molecule has 8 aromatic carbocycles. The Hall–Kier alpha value is -6.64. The predicted molar refractivity (Wildman–Crippen MR) is 210 cm³/mol. The highest BCUT2D eigenvalue weighted by Crippen LogP contribution is 2.43. The second-order valence-corrected chi connectivity index (χ2v) is 12.8. The summed E-state index contributed by atoms with van der Waals surface area (Å²) in [4.78, 5) is 0. The Balaban J connectivity index is 1.22. The van der Waals surface area contributed by atoms with E-state index in [1.165, 1.54) is 44.1 Å². The van der Waals surface area contributed by atoms with Gasteiger partial charge in [0, 0.05) is 32.7 Å². The van der Waals surface area contributed by atoms with Crippen molar-refractivity contribution < 1.29 is 4.42 Å². The largest absolute Gasteiger partial charge is 0.455 e. The molecule has 2 heteroatoms. The van der Waals surface area contributed by atoms with Crippen LogP contribution in [0.25, 0.3) is 93.9 Å². The highest BCUT2D eigenvalue weighted by Gasteiger charge is 2.20. The third kappa shape index (κ3) is 4.43. The molecule has 0 aliphatic heterocycles. The standard InChI is InChI=1S/C48H31NO/c1-2-15-32(16-3-1)34-17-4-5-18-35(34)33-29-30-40-39-22-9-12-27-45(39)49(46(40)31-33)44-26-11-8-21-38(44)36-19-6-7-20-37(36)42-24-14-25-43-41-23-10-13-28-47(41)50-48(42)43/h1-31H. The van der Waals surface area contributed by atoms with Gasteiger partial charge in [-0.25, -0.2) is 0 Å². The average Bonchev–Trinajstić information content (AvgIpc) is 3.74. The van der Waals surface area contributed by atoms with E-state index in [1.807, 2.05) is 6.07 Å². The van der Waals surface area contributed by atoms with Crippen LogP contribution >= 0.6 is 0 Å². The smallest absolute Gasteiger partial charge is 0.143 e. The van der Waals surface area contributed by atoms with E-state index in [1.54, 1.807) is 0 Å². The maximum Gasteiger partial charge on any atom is 0.143 e. The first-order chi connectivity index (χ1) is 24.8. The summed E-state index contributed by atoms with van der Waals surface area (Å²) in [5.41, 5.74) is 14.7. The van der Waals surface area contributed by atoms with Crippen LogP contribution in [-0.2, 0) is 0 Å². The highest BCUT2D eigenvalue weighted by molar-refractivity contribution is 6.12. The fourth-order valence-electron chi connectivity index (χ4n) is 7.81. The van der Waals surface area contributed by atoms with Crippen molar-refractivity contribution in [1.29, 1.82) is 0 Å². The van der Waals surface area contributed by atoms with Gasteiger partial charge < -0.3 is 8.98 Å². The first-order valence-electron chi connectivity index (χ1n) is 17.1. The summed E-state index contributed by atoms with van der Waals surface area (Å²) in [5, 5.41) is 4.74. The summed E-state index contributed by atoms with van der Waals surface area (Å²) >= 11 is 0. The van der Waals surface area contributed by atoms with Crippen LogP contribution in [0.2, 0.25) is 0 Å². The Morgan fingerprint density at radius 1 is 0.320 bits per heavy atom. The van der Waals surface area contributed by atoms with Crippen LogP contribution in [0.1, 0.15) is 0 Å². The Bertz CT molecular complexity index is 2870. The van der Waals surface area contributed by atoms with Crippen LogP contribution < -0.4 is 0 Å². The molecule has 10 aromatic rings. The molecule has 0 bridgehead atoms. The lowest BCUT2D eigenvalue weighted by Gasteiger charge is -2.17. The number of aromatic nitrogens is 1. The Morgan fingerprint density at radius 2 is 0.880 bits per heavy atom. The van der Waals surface area contributed by atoms with Crippen LogP contribution in [0.5, 0.6) is 0 Å². The van der Waals surface area contributed by atoms with Crippen molar-refractivity contribution in [2.75, 3.05) is 0 Å². The van der Waals surface area contributed by atoms with Crippen LogP contribution in [-0.4, -0.2) is 4.57 Å². The van der Waals surface area contributed by atoms with Gasteiger partial charge in [-0.3, -0.25) is 0 Å². The SMILES string of the molecule is c1ccc(-c2ccccc2-c2ccc3c4ccccc4n(-c4ccccc4-c4ccccc4-c4cccc5c4oc4ccccc45)c3c2)cc1. The summed E-state index contributed by atoms with van der Waals surface area (Å²) in [6.07, 6.45) is 0. The van der Waals surface area contributed by atoms with Gasteiger partial charge in [0.05, 0.1) is 16.7 Å². The Kier molecular flexibility index (Phi) is 6.53. The third-order valence-corrected chi connectivity index (χ3v) is 10.1. The molecule has 50 heavy (non-hydrogen) atoms. The second-order valence-electron chi connectivity index (χ2n) is 12.8. The fourth-order valence-corrected chi connectivity index (χ4v) is 7.81. The number of hydrogen-bond acceptors (Lipinski definition) is 1. The van der Waals surface area contributed by atoms with Crippen LogP contribution in [0.3, 0.4) is 0 Å². The van der Waals surface area contributed by atoms with E-state index in [2.05, 4.69) is 187 Å². The highest BCUT2D eigenvalue weighted by atomic mass is 16.3. The Labute approximate surface area is 290 Å². The molecule has 0 saturated carbocycles. The number of para-hydroxylation sites is 4. The van der Waals surface area contributed by atoms with Gasteiger partial charge in [-0.2, -0.15) is 0 Å². The summed E-state index contributed by atoms with van der Waals surface area (Å²) in [6.45, 7) is 0. The fraction of sp³-hybridized carbons (Fsp3) is 0. The lowest BCUT2D eigenvalue weighted by molar-refractivity contribution is 0.670. The van der Waals surface area contributed by atoms with Crippen LogP contribution in [0, 0.1) is 0 Å². The predicted octanol–water partition coefficient (Wildman–Crippen LogP) is 13.4. The summed E-state index contributed by atoms with van der Waals surface area (Å²) in [6, 6.07) is 67.4. The van der Waals surface area contributed by atoms with E-state index >= 15 is 0 Å². The van der Waals surface area contributed by atoms with Crippen molar-refractivity contribution in [1.82, 2.24) is 4.57 Å². The molecule has 2 nitrogen and oxygen atoms in total. The molecule has 234 valence electrons. The molecule has 0 aliphatic rings. The number of furan rings is 1. The van der Waals surface area contributed by atoms with Crippen molar-refractivity contribution in [3.63, 3.8) is 0 Å². The number of nitrogens with zero attached hydrogens (tertiary/aromatic N) is 1. The third-order valence-electron chi connectivity index (χ3n) is 10.1. The molecule has 0 N–H and O–H groups in total. The van der Waals surface area contributed by atoms with Gasteiger partial charge in [-0.05, 0) is 57.6 Å². The first kappa shape index (κ1) is 28.4. The number of fused-ring (bicyclic) bond motifs is 6. The summed E-state index contributed by atoms with van der Waals surface area (Å²) < 4.78 is 8.99. The van der Waals surface area contributed by atoms with E-state index < -0.39 is 0 Å². The molecule has 2 heterocycles. The molecule has 2 aromatic heterocycles. The van der Waals surface area contributed by atoms with Crippen molar-refractivity contribution in [3.05, 3.63) is 188 Å². The molecule has 0 aliphatic carbocycles. The number of hydrogen-bond donors (Lipinski definition) is 0. The van der Waals surface area contributed by atoms with Gasteiger partial charge in [0.25, 0.3) is 0 Å². The van der Waals surface area contributed by atoms with E-state index in [4.69, 9.17) is 4.42 Å². The molecule has 0 radical (unpaired) electrons.